The monoisotopic (exact) mass is 330 g/mol. The number of fused-ring (bicyclic) bond motifs is 2. The maximum Gasteiger partial charge on any atom is 0.272 e. The van der Waals surface area contributed by atoms with E-state index in [4.69, 9.17) is 5.26 Å². The number of benzene rings is 1. The van der Waals surface area contributed by atoms with Crippen molar-refractivity contribution in [2.24, 2.45) is 0 Å². The molecule has 1 aromatic carbocycles. The van der Waals surface area contributed by atoms with E-state index in [1.165, 1.54) is 16.7 Å². The largest absolute Gasteiger partial charge is 0.372 e. The summed E-state index contributed by atoms with van der Waals surface area (Å²) in [4.78, 5) is 8.71. The van der Waals surface area contributed by atoms with Crippen LogP contribution in [0.4, 0.5) is 5.82 Å². The number of nitrogens with zero attached hydrogens (tertiary/aromatic N) is 5. The van der Waals surface area contributed by atoms with E-state index in [1.807, 2.05) is 18.7 Å². The van der Waals surface area contributed by atoms with Crippen LogP contribution in [0.2, 0.25) is 6.32 Å². The Morgan fingerprint density at radius 1 is 1.32 bits per heavy atom. The molecule has 0 bridgehead atoms. The number of hydrogen-bond acceptors (Lipinski definition) is 5. The molecule has 0 saturated carbocycles. The number of hydrogen-bond donors (Lipinski definition) is 1. The first-order valence-corrected chi connectivity index (χ1v) is 8.55. The zero-order valence-electron chi connectivity index (χ0n) is 14.5. The van der Waals surface area contributed by atoms with Crippen LogP contribution in [0.5, 0.6) is 0 Å². The Morgan fingerprint density at radius 2 is 2.20 bits per heavy atom. The van der Waals surface area contributed by atoms with Gasteiger partial charge in [-0.05, 0) is 30.8 Å². The van der Waals surface area contributed by atoms with Gasteiger partial charge in [0.1, 0.15) is 12.1 Å². The minimum absolute atomic E-state index is 0.160. The average Bonchev–Trinajstić information content (AvgIpc) is 2.97. The lowest BCUT2D eigenvalue weighted by atomic mass is 9.42. The second kappa shape index (κ2) is 6.21. The molecule has 0 radical (unpaired) electrons. The van der Waals surface area contributed by atoms with E-state index in [1.54, 1.807) is 6.33 Å². The van der Waals surface area contributed by atoms with Gasteiger partial charge in [0.2, 0.25) is 0 Å². The number of aromatic nitrogens is 4. The molecule has 0 amide bonds. The summed E-state index contributed by atoms with van der Waals surface area (Å²) in [6.45, 7) is 2.82. The number of rotatable bonds is 3. The van der Waals surface area contributed by atoms with E-state index in [0.717, 1.165) is 41.6 Å². The van der Waals surface area contributed by atoms with Gasteiger partial charge in [-0.3, -0.25) is 0 Å². The normalized spacial score (nSPS) is 13.6. The zero-order valence-corrected chi connectivity index (χ0v) is 14.5. The van der Waals surface area contributed by atoms with Crippen LogP contribution < -0.4 is 5.32 Å². The van der Waals surface area contributed by atoms with Gasteiger partial charge in [-0.1, -0.05) is 30.1 Å². The van der Waals surface area contributed by atoms with Gasteiger partial charge in [0, 0.05) is 13.0 Å². The molecule has 1 aliphatic rings. The van der Waals surface area contributed by atoms with Gasteiger partial charge in [-0.2, -0.15) is 5.10 Å². The Hall–Kier alpha value is -2.88. The fraction of sp³-hybridized carbons (Fsp3) is 0.333. The summed E-state index contributed by atoms with van der Waals surface area (Å²) in [7, 11) is 1.86. The number of nitriles is 1. The fourth-order valence-corrected chi connectivity index (χ4v) is 3.67. The highest BCUT2D eigenvalue weighted by Gasteiger charge is 2.22. The van der Waals surface area contributed by atoms with Crippen molar-refractivity contribution < 1.29 is 0 Å². The molecular formula is C18H19BN6. The lowest BCUT2D eigenvalue weighted by Gasteiger charge is -2.18. The summed E-state index contributed by atoms with van der Waals surface area (Å²) >= 11 is 0. The molecule has 124 valence electrons. The lowest BCUT2D eigenvalue weighted by Crippen LogP contribution is -2.22. The van der Waals surface area contributed by atoms with Crippen molar-refractivity contribution in [2.75, 3.05) is 12.4 Å². The van der Waals surface area contributed by atoms with Crippen LogP contribution in [0.15, 0.2) is 24.5 Å². The zero-order chi connectivity index (χ0) is 17.4. The maximum atomic E-state index is 9.13. The minimum Gasteiger partial charge on any atom is -0.372 e. The highest BCUT2D eigenvalue weighted by atomic mass is 15.3. The number of anilines is 1. The molecule has 0 atom stereocenters. The van der Waals surface area contributed by atoms with Gasteiger partial charge in [-0.15, -0.1) is 0 Å². The molecule has 0 unspecified atom stereocenters. The minimum atomic E-state index is 0.160. The van der Waals surface area contributed by atoms with Crippen LogP contribution in [-0.2, 0) is 19.3 Å². The Balaban J connectivity index is 1.68. The highest BCUT2D eigenvalue weighted by Crippen LogP contribution is 2.25. The van der Waals surface area contributed by atoms with Gasteiger partial charge in [0.05, 0.1) is 17.6 Å². The Kier molecular flexibility index (Phi) is 3.88. The average molecular weight is 330 g/mol. The highest BCUT2D eigenvalue weighted by molar-refractivity contribution is 6.66. The van der Waals surface area contributed by atoms with Gasteiger partial charge in [0.15, 0.2) is 5.65 Å². The first-order valence-electron chi connectivity index (χ1n) is 8.55. The molecule has 0 spiro atoms. The summed E-state index contributed by atoms with van der Waals surface area (Å²) < 4.78 is 1.94. The summed E-state index contributed by atoms with van der Waals surface area (Å²) in [5, 5.41) is 17.9. The van der Waals surface area contributed by atoms with Crippen LogP contribution in [-0.4, -0.2) is 33.5 Å². The summed E-state index contributed by atoms with van der Waals surface area (Å²) in [6, 6.07) is 6.56. The van der Waals surface area contributed by atoms with Crippen LogP contribution in [0.3, 0.4) is 0 Å². The molecule has 3 aromatic rings. The van der Waals surface area contributed by atoms with Crippen molar-refractivity contribution in [1.82, 2.24) is 19.7 Å². The van der Waals surface area contributed by atoms with Crippen molar-refractivity contribution in [3.05, 3.63) is 46.9 Å². The third-order valence-corrected chi connectivity index (χ3v) is 4.96. The van der Waals surface area contributed by atoms with Gasteiger partial charge >= 0.3 is 0 Å². The van der Waals surface area contributed by atoms with E-state index in [2.05, 4.69) is 44.6 Å². The van der Waals surface area contributed by atoms with Gasteiger partial charge < -0.3 is 5.32 Å². The second-order valence-corrected chi connectivity index (χ2v) is 6.59. The molecule has 1 aliphatic heterocycles. The SMILES string of the molecule is CNc1ncnc2c1c(C)nn2Cc1ccc2c(c1)CCB(C#N)C2. The molecule has 7 heteroatoms. The molecule has 3 heterocycles. The first-order chi connectivity index (χ1) is 12.2. The predicted octanol–water partition coefficient (Wildman–Crippen LogP) is 2.42. The van der Waals surface area contributed by atoms with E-state index >= 15 is 0 Å². The molecule has 0 saturated heterocycles. The van der Waals surface area contributed by atoms with Gasteiger partial charge in [-0.25, -0.2) is 19.9 Å². The number of aryl methyl sites for hydroxylation is 2. The predicted molar refractivity (Wildman–Crippen MR) is 98.7 cm³/mol. The van der Waals surface area contributed by atoms with Crippen molar-refractivity contribution in [3.63, 3.8) is 0 Å². The summed E-state index contributed by atoms with van der Waals surface area (Å²) in [5.41, 5.74) is 5.66. The topological polar surface area (TPSA) is 79.4 Å². The number of nitrogens with one attached hydrogen (secondary N) is 1. The summed E-state index contributed by atoms with van der Waals surface area (Å²) in [5.74, 6) is 3.21. The van der Waals surface area contributed by atoms with E-state index < -0.39 is 0 Å². The Morgan fingerprint density at radius 3 is 3.00 bits per heavy atom. The van der Waals surface area contributed by atoms with Crippen molar-refractivity contribution in [2.45, 2.75) is 32.5 Å². The molecule has 6 nitrogen and oxygen atoms in total. The third kappa shape index (κ3) is 2.74. The van der Waals surface area contributed by atoms with Gasteiger partial charge in [0.25, 0.3) is 6.71 Å². The Bertz CT molecular complexity index is 987. The van der Waals surface area contributed by atoms with Crippen LogP contribution in [0.25, 0.3) is 11.0 Å². The molecule has 1 N–H and O–H groups in total. The second-order valence-electron chi connectivity index (χ2n) is 6.59. The Labute approximate surface area is 147 Å². The molecule has 0 fully saturated rings. The molecular weight excluding hydrogens is 311 g/mol. The maximum absolute atomic E-state index is 9.13. The van der Waals surface area contributed by atoms with Crippen molar-refractivity contribution >= 4 is 23.6 Å². The molecule has 25 heavy (non-hydrogen) atoms. The van der Waals surface area contributed by atoms with Crippen LogP contribution >= 0.6 is 0 Å². The standard InChI is InChI=1S/C18H19BN6/c1-12-16-17(21-2)22-11-23-18(16)25(24-12)9-13-3-4-15-8-19(10-20)6-5-14(15)7-13/h3-4,7,11H,5-6,8-9H2,1-2H3,(H,21,22,23). The first kappa shape index (κ1) is 15.6. The third-order valence-electron chi connectivity index (χ3n) is 4.96. The molecule has 2 aromatic heterocycles. The van der Waals surface area contributed by atoms with Crippen LogP contribution in [0.1, 0.15) is 22.4 Å². The van der Waals surface area contributed by atoms with E-state index in [0.29, 0.717) is 6.54 Å². The van der Waals surface area contributed by atoms with Crippen molar-refractivity contribution in [1.29, 1.82) is 5.26 Å². The molecule has 4 rings (SSSR count). The van der Waals surface area contributed by atoms with E-state index in [-0.39, 0.29) is 6.71 Å². The smallest absolute Gasteiger partial charge is 0.272 e. The lowest BCUT2D eigenvalue weighted by molar-refractivity contribution is 0.694. The van der Waals surface area contributed by atoms with Crippen LogP contribution in [0, 0.1) is 18.2 Å². The molecule has 0 aliphatic carbocycles. The van der Waals surface area contributed by atoms with Crippen molar-refractivity contribution in [3.8, 4) is 5.97 Å². The van der Waals surface area contributed by atoms with E-state index in [9.17, 15) is 0 Å². The fourth-order valence-electron chi connectivity index (χ4n) is 3.67. The summed E-state index contributed by atoms with van der Waals surface area (Å²) in [6.07, 6.45) is 4.37. The quantitative estimate of drug-likeness (QED) is 0.746.